The summed E-state index contributed by atoms with van der Waals surface area (Å²) in [6.07, 6.45) is 2.06. The van der Waals surface area contributed by atoms with E-state index in [9.17, 15) is 13.6 Å². The summed E-state index contributed by atoms with van der Waals surface area (Å²) in [5, 5.41) is 0. The molecule has 8 heteroatoms. The topological polar surface area (TPSA) is 26.8 Å². The highest BCUT2D eigenvalue weighted by atomic mass is 32.2. The van der Waals surface area contributed by atoms with E-state index in [1.165, 1.54) is 33.4 Å². The summed E-state index contributed by atoms with van der Waals surface area (Å²) in [7, 11) is 0. The summed E-state index contributed by atoms with van der Waals surface area (Å²) >= 11 is 3.53. The van der Waals surface area contributed by atoms with Gasteiger partial charge >= 0.3 is 0 Å². The normalized spacial score (nSPS) is 17.3. The number of thioether (sulfide) groups is 1. The number of hydrogen-bond donors (Lipinski definition) is 0. The SMILES string of the molecule is Cc1cc2c(s1)SCCN(CCCCN1CCN(C(c3ccc(F)cc3)c3ccc(F)cc3)CC1)C2=O. The monoisotopic (exact) mass is 541 g/mol. The first-order chi connectivity index (χ1) is 18.0. The summed E-state index contributed by atoms with van der Waals surface area (Å²) in [4.78, 5) is 21.1. The van der Waals surface area contributed by atoms with Gasteiger partial charge in [0.05, 0.1) is 15.8 Å². The number of unbranched alkanes of at least 4 members (excludes halogenated alkanes) is 1. The maximum atomic E-state index is 13.6. The third-order valence-electron chi connectivity index (χ3n) is 7.23. The van der Waals surface area contributed by atoms with Crippen LogP contribution < -0.4 is 0 Å². The van der Waals surface area contributed by atoms with Crippen molar-refractivity contribution in [1.29, 1.82) is 0 Å². The molecule has 3 heterocycles. The van der Waals surface area contributed by atoms with Gasteiger partial charge in [-0.3, -0.25) is 9.69 Å². The summed E-state index contributed by atoms with van der Waals surface area (Å²) in [6, 6.07) is 15.3. The molecule has 1 aromatic heterocycles. The summed E-state index contributed by atoms with van der Waals surface area (Å²) in [5.41, 5.74) is 2.93. The Labute approximate surface area is 226 Å². The Bertz CT molecular complexity index is 1150. The Kier molecular flexibility index (Phi) is 8.60. The van der Waals surface area contributed by atoms with Gasteiger partial charge in [-0.25, -0.2) is 8.78 Å². The smallest absolute Gasteiger partial charge is 0.255 e. The molecule has 0 bridgehead atoms. The van der Waals surface area contributed by atoms with Crippen LogP contribution in [-0.2, 0) is 0 Å². The van der Waals surface area contributed by atoms with E-state index in [2.05, 4.69) is 16.7 Å². The predicted molar refractivity (Wildman–Crippen MR) is 148 cm³/mol. The number of halogens is 2. The zero-order valence-electron chi connectivity index (χ0n) is 21.2. The molecule has 3 aromatic rings. The van der Waals surface area contributed by atoms with Crippen LogP contribution in [0.5, 0.6) is 0 Å². The van der Waals surface area contributed by atoms with Crippen LogP contribution in [0, 0.1) is 18.6 Å². The van der Waals surface area contributed by atoms with Crippen molar-refractivity contribution in [2.45, 2.75) is 30.0 Å². The summed E-state index contributed by atoms with van der Waals surface area (Å²) in [6.45, 7) is 8.40. The second-order valence-electron chi connectivity index (χ2n) is 9.79. The van der Waals surface area contributed by atoms with E-state index in [-0.39, 0.29) is 23.6 Å². The van der Waals surface area contributed by atoms with Gasteiger partial charge in [0, 0.05) is 49.9 Å². The molecular weight excluding hydrogens is 508 g/mol. The van der Waals surface area contributed by atoms with Gasteiger partial charge in [-0.05, 0) is 67.8 Å². The first kappa shape index (κ1) is 26.4. The van der Waals surface area contributed by atoms with Crippen LogP contribution in [0.2, 0.25) is 0 Å². The lowest BCUT2D eigenvalue weighted by molar-refractivity contribution is 0.0757. The number of rotatable bonds is 8. The zero-order chi connectivity index (χ0) is 25.8. The minimum atomic E-state index is -0.252. The van der Waals surface area contributed by atoms with Gasteiger partial charge in [0.15, 0.2) is 0 Å². The van der Waals surface area contributed by atoms with Gasteiger partial charge in [0.1, 0.15) is 11.6 Å². The molecule has 0 N–H and O–H groups in total. The van der Waals surface area contributed by atoms with Crippen LogP contribution in [0.3, 0.4) is 0 Å². The van der Waals surface area contributed by atoms with Gasteiger partial charge in [-0.15, -0.1) is 23.1 Å². The van der Waals surface area contributed by atoms with Crippen LogP contribution in [0.25, 0.3) is 0 Å². The van der Waals surface area contributed by atoms with E-state index in [4.69, 9.17) is 0 Å². The minimum absolute atomic E-state index is 0.0269. The van der Waals surface area contributed by atoms with Crippen LogP contribution in [-0.4, -0.2) is 72.2 Å². The summed E-state index contributed by atoms with van der Waals surface area (Å²) in [5.74, 6) is 0.644. The number of benzene rings is 2. The Morgan fingerprint density at radius 3 is 2.05 bits per heavy atom. The molecule has 37 heavy (non-hydrogen) atoms. The highest BCUT2D eigenvalue weighted by Crippen LogP contribution is 2.35. The Morgan fingerprint density at radius 1 is 0.838 bits per heavy atom. The second-order valence-corrected chi connectivity index (χ2v) is 12.4. The molecule has 2 aliphatic heterocycles. The first-order valence-corrected chi connectivity index (χ1v) is 14.8. The maximum absolute atomic E-state index is 13.6. The van der Waals surface area contributed by atoms with E-state index >= 15 is 0 Å². The fourth-order valence-corrected chi connectivity index (χ4v) is 7.67. The van der Waals surface area contributed by atoms with Gasteiger partial charge in [-0.1, -0.05) is 24.3 Å². The molecule has 196 valence electrons. The standard InChI is InChI=1S/C29H33F2N3OS2/c1-21-20-26-28(35)34(18-19-36-29(26)37-21)13-3-2-12-32-14-16-33(17-15-32)27(22-4-8-24(30)9-5-22)23-6-10-25(31)11-7-23/h4-11,20,27H,2-3,12-19H2,1H3. The largest absolute Gasteiger partial charge is 0.338 e. The lowest BCUT2D eigenvalue weighted by Gasteiger charge is -2.40. The van der Waals surface area contributed by atoms with Gasteiger partial charge < -0.3 is 9.80 Å². The zero-order valence-corrected chi connectivity index (χ0v) is 22.8. The molecule has 0 saturated carbocycles. The van der Waals surface area contributed by atoms with Crippen molar-refractivity contribution in [1.82, 2.24) is 14.7 Å². The van der Waals surface area contributed by atoms with E-state index < -0.39 is 0 Å². The van der Waals surface area contributed by atoms with E-state index in [0.717, 1.165) is 81.1 Å². The molecule has 1 saturated heterocycles. The van der Waals surface area contributed by atoms with Crippen molar-refractivity contribution in [2.75, 3.05) is 51.6 Å². The second kappa shape index (κ2) is 12.1. The van der Waals surface area contributed by atoms with Gasteiger partial charge in [0.25, 0.3) is 5.91 Å². The molecule has 0 radical (unpaired) electrons. The number of nitrogens with zero attached hydrogens (tertiary/aromatic N) is 3. The third kappa shape index (κ3) is 6.42. The Morgan fingerprint density at radius 2 is 1.43 bits per heavy atom. The Hall–Kier alpha value is -2.26. The van der Waals surface area contributed by atoms with Gasteiger partial charge in [-0.2, -0.15) is 0 Å². The number of fused-ring (bicyclic) bond motifs is 1. The van der Waals surface area contributed by atoms with Crippen molar-refractivity contribution >= 4 is 29.0 Å². The van der Waals surface area contributed by atoms with Crippen molar-refractivity contribution in [2.24, 2.45) is 0 Å². The molecule has 0 aliphatic carbocycles. The van der Waals surface area contributed by atoms with Crippen molar-refractivity contribution in [3.05, 3.63) is 87.8 Å². The average molecular weight is 542 g/mol. The fourth-order valence-electron chi connectivity index (χ4n) is 5.27. The number of hydrogen-bond acceptors (Lipinski definition) is 5. The molecule has 0 atom stereocenters. The number of carbonyl (C=O) groups is 1. The predicted octanol–water partition coefficient (Wildman–Crippen LogP) is 6.07. The highest BCUT2D eigenvalue weighted by Gasteiger charge is 2.27. The third-order valence-corrected chi connectivity index (χ3v) is 9.55. The quantitative estimate of drug-likeness (QED) is 0.324. The van der Waals surface area contributed by atoms with Crippen LogP contribution in [0.4, 0.5) is 8.78 Å². The molecular formula is C29H33F2N3OS2. The van der Waals surface area contributed by atoms with Crippen molar-refractivity contribution < 1.29 is 13.6 Å². The van der Waals surface area contributed by atoms with E-state index in [0.29, 0.717) is 0 Å². The Balaban J connectivity index is 1.13. The molecule has 1 amide bonds. The number of amides is 1. The maximum Gasteiger partial charge on any atom is 0.255 e. The number of piperazine rings is 1. The van der Waals surface area contributed by atoms with Crippen molar-refractivity contribution in [3.63, 3.8) is 0 Å². The first-order valence-electron chi connectivity index (χ1n) is 13.0. The molecule has 2 aliphatic rings. The number of thiophene rings is 1. The number of aryl methyl sites for hydroxylation is 1. The molecule has 1 fully saturated rings. The minimum Gasteiger partial charge on any atom is -0.338 e. The lowest BCUT2D eigenvalue weighted by Crippen LogP contribution is -2.48. The highest BCUT2D eigenvalue weighted by molar-refractivity contribution is 8.01. The van der Waals surface area contributed by atoms with Crippen LogP contribution in [0.15, 0.2) is 58.8 Å². The summed E-state index contributed by atoms with van der Waals surface area (Å²) < 4.78 is 28.3. The fraction of sp³-hybridized carbons (Fsp3) is 0.414. The molecule has 5 rings (SSSR count). The van der Waals surface area contributed by atoms with E-state index in [1.54, 1.807) is 23.1 Å². The average Bonchev–Trinajstić information content (AvgIpc) is 3.22. The number of carbonyl (C=O) groups excluding carboxylic acids is 1. The van der Waals surface area contributed by atoms with E-state index in [1.807, 2.05) is 35.2 Å². The van der Waals surface area contributed by atoms with Crippen LogP contribution >= 0.6 is 23.1 Å². The molecule has 4 nitrogen and oxygen atoms in total. The van der Waals surface area contributed by atoms with Gasteiger partial charge in [0.2, 0.25) is 0 Å². The van der Waals surface area contributed by atoms with Crippen LogP contribution in [0.1, 0.15) is 45.2 Å². The molecule has 0 spiro atoms. The van der Waals surface area contributed by atoms with Crippen molar-refractivity contribution in [3.8, 4) is 0 Å². The molecule has 0 unspecified atom stereocenters. The lowest BCUT2D eigenvalue weighted by atomic mass is 9.96. The molecule has 2 aromatic carbocycles.